The summed E-state index contributed by atoms with van der Waals surface area (Å²) >= 11 is 1.71. The number of thiazole rings is 1. The predicted octanol–water partition coefficient (Wildman–Crippen LogP) is 5.50. The SMILES string of the molecule is CCC1CCC(Nc2cccc(-c3csc(C)n3)c2)CC1. The molecule has 1 aromatic heterocycles. The van der Waals surface area contributed by atoms with Crippen LogP contribution in [0.4, 0.5) is 5.69 Å². The van der Waals surface area contributed by atoms with Crippen molar-refractivity contribution < 1.29 is 0 Å². The minimum atomic E-state index is 0.639. The van der Waals surface area contributed by atoms with E-state index in [-0.39, 0.29) is 0 Å². The highest BCUT2D eigenvalue weighted by Gasteiger charge is 2.19. The molecule has 21 heavy (non-hydrogen) atoms. The summed E-state index contributed by atoms with van der Waals surface area (Å²) in [5.74, 6) is 0.951. The van der Waals surface area contributed by atoms with Gasteiger partial charge in [0.1, 0.15) is 0 Å². The second kappa shape index (κ2) is 6.61. The van der Waals surface area contributed by atoms with Gasteiger partial charge in [-0.05, 0) is 50.7 Å². The molecule has 3 rings (SSSR count). The fourth-order valence-corrected chi connectivity index (χ4v) is 3.84. The molecule has 0 saturated heterocycles. The summed E-state index contributed by atoms with van der Waals surface area (Å²) in [6.45, 7) is 4.38. The molecule has 0 atom stereocenters. The van der Waals surface area contributed by atoms with Gasteiger partial charge in [-0.1, -0.05) is 25.5 Å². The Kier molecular flexibility index (Phi) is 4.59. The number of anilines is 1. The molecular weight excluding hydrogens is 276 g/mol. The average Bonchev–Trinajstić information content (AvgIpc) is 2.95. The van der Waals surface area contributed by atoms with Crippen molar-refractivity contribution in [3.05, 3.63) is 34.7 Å². The first-order valence-electron chi connectivity index (χ1n) is 8.03. The molecule has 1 saturated carbocycles. The highest BCUT2D eigenvalue weighted by atomic mass is 32.1. The third-order valence-corrected chi connectivity index (χ3v) is 5.35. The zero-order valence-corrected chi connectivity index (χ0v) is 13.7. The first kappa shape index (κ1) is 14.6. The number of aryl methyl sites for hydroxylation is 1. The van der Waals surface area contributed by atoms with Crippen molar-refractivity contribution in [2.75, 3.05) is 5.32 Å². The normalized spacial score (nSPS) is 22.2. The minimum absolute atomic E-state index is 0.639. The second-order valence-corrected chi connectivity index (χ2v) is 7.17. The Morgan fingerprint density at radius 2 is 2.05 bits per heavy atom. The third-order valence-electron chi connectivity index (χ3n) is 4.57. The topological polar surface area (TPSA) is 24.9 Å². The molecule has 1 fully saturated rings. The smallest absolute Gasteiger partial charge is 0.0901 e. The maximum Gasteiger partial charge on any atom is 0.0901 e. The lowest BCUT2D eigenvalue weighted by molar-refractivity contribution is 0.330. The highest BCUT2D eigenvalue weighted by Crippen LogP contribution is 2.30. The summed E-state index contributed by atoms with van der Waals surface area (Å²) in [5, 5.41) is 6.98. The largest absolute Gasteiger partial charge is 0.382 e. The van der Waals surface area contributed by atoms with Crippen molar-refractivity contribution in [3.8, 4) is 11.3 Å². The van der Waals surface area contributed by atoms with Gasteiger partial charge < -0.3 is 5.32 Å². The van der Waals surface area contributed by atoms with E-state index >= 15 is 0 Å². The van der Waals surface area contributed by atoms with Crippen LogP contribution in [0.3, 0.4) is 0 Å². The minimum Gasteiger partial charge on any atom is -0.382 e. The Morgan fingerprint density at radius 1 is 1.24 bits per heavy atom. The zero-order valence-electron chi connectivity index (χ0n) is 12.9. The third kappa shape index (κ3) is 3.65. The van der Waals surface area contributed by atoms with Gasteiger partial charge in [-0.25, -0.2) is 4.98 Å². The lowest BCUT2D eigenvalue weighted by Gasteiger charge is -2.29. The molecule has 1 heterocycles. The van der Waals surface area contributed by atoms with Crippen molar-refractivity contribution in [2.24, 2.45) is 5.92 Å². The molecule has 0 radical (unpaired) electrons. The van der Waals surface area contributed by atoms with Gasteiger partial charge in [0.2, 0.25) is 0 Å². The quantitative estimate of drug-likeness (QED) is 0.806. The monoisotopic (exact) mass is 300 g/mol. The molecule has 0 bridgehead atoms. The first-order chi connectivity index (χ1) is 10.2. The van der Waals surface area contributed by atoms with Gasteiger partial charge in [0, 0.05) is 22.7 Å². The first-order valence-corrected chi connectivity index (χ1v) is 8.91. The number of nitrogens with one attached hydrogen (secondary N) is 1. The molecule has 0 unspecified atom stereocenters. The summed E-state index contributed by atoms with van der Waals surface area (Å²) in [6, 6.07) is 9.33. The number of benzene rings is 1. The van der Waals surface area contributed by atoms with E-state index in [4.69, 9.17) is 0 Å². The van der Waals surface area contributed by atoms with Crippen molar-refractivity contribution in [1.29, 1.82) is 0 Å². The summed E-state index contributed by atoms with van der Waals surface area (Å²) in [4.78, 5) is 4.58. The van der Waals surface area contributed by atoms with E-state index in [9.17, 15) is 0 Å². The van der Waals surface area contributed by atoms with Crippen LogP contribution in [0.25, 0.3) is 11.3 Å². The molecule has 0 aliphatic heterocycles. The van der Waals surface area contributed by atoms with Crippen molar-refractivity contribution in [2.45, 2.75) is 52.0 Å². The molecule has 1 aliphatic rings. The Morgan fingerprint density at radius 3 is 2.71 bits per heavy atom. The maximum absolute atomic E-state index is 4.58. The van der Waals surface area contributed by atoms with Gasteiger partial charge >= 0.3 is 0 Å². The average molecular weight is 300 g/mol. The van der Waals surface area contributed by atoms with Crippen LogP contribution in [0, 0.1) is 12.8 Å². The van der Waals surface area contributed by atoms with Gasteiger partial charge in [-0.2, -0.15) is 0 Å². The summed E-state index contributed by atoms with van der Waals surface area (Å²) < 4.78 is 0. The number of nitrogens with zero attached hydrogens (tertiary/aromatic N) is 1. The molecule has 1 N–H and O–H groups in total. The number of hydrogen-bond donors (Lipinski definition) is 1. The molecule has 1 aromatic carbocycles. The van der Waals surface area contributed by atoms with Crippen LogP contribution < -0.4 is 5.32 Å². The Labute approximate surface area is 131 Å². The van der Waals surface area contributed by atoms with E-state index in [1.165, 1.54) is 43.4 Å². The fraction of sp³-hybridized carbons (Fsp3) is 0.500. The molecule has 2 nitrogen and oxygen atoms in total. The van der Waals surface area contributed by atoms with Gasteiger partial charge in [0.25, 0.3) is 0 Å². The van der Waals surface area contributed by atoms with E-state index < -0.39 is 0 Å². The maximum atomic E-state index is 4.58. The van der Waals surface area contributed by atoms with Crippen LogP contribution in [0.1, 0.15) is 44.0 Å². The van der Waals surface area contributed by atoms with E-state index in [1.54, 1.807) is 11.3 Å². The molecule has 0 amide bonds. The van der Waals surface area contributed by atoms with Gasteiger partial charge in [0.15, 0.2) is 0 Å². The number of aromatic nitrogens is 1. The lowest BCUT2D eigenvalue weighted by atomic mass is 9.84. The molecule has 1 aliphatic carbocycles. The summed E-state index contributed by atoms with van der Waals surface area (Å²) in [7, 11) is 0. The van der Waals surface area contributed by atoms with Gasteiger partial charge in [-0.3, -0.25) is 0 Å². The molecule has 0 spiro atoms. The van der Waals surface area contributed by atoms with Crippen LogP contribution in [-0.4, -0.2) is 11.0 Å². The van der Waals surface area contributed by atoms with Gasteiger partial charge in [0.05, 0.1) is 10.7 Å². The Balaban J connectivity index is 1.66. The van der Waals surface area contributed by atoms with Crippen molar-refractivity contribution in [3.63, 3.8) is 0 Å². The second-order valence-electron chi connectivity index (χ2n) is 6.10. The van der Waals surface area contributed by atoms with Crippen molar-refractivity contribution >= 4 is 17.0 Å². The van der Waals surface area contributed by atoms with Gasteiger partial charge in [-0.15, -0.1) is 11.3 Å². The van der Waals surface area contributed by atoms with E-state index in [0.29, 0.717) is 6.04 Å². The van der Waals surface area contributed by atoms with E-state index in [0.717, 1.165) is 16.6 Å². The predicted molar refractivity (Wildman–Crippen MR) is 91.9 cm³/mol. The number of hydrogen-bond acceptors (Lipinski definition) is 3. The van der Waals surface area contributed by atoms with E-state index in [1.807, 2.05) is 0 Å². The molecule has 2 aromatic rings. The zero-order chi connectivity index (χ0) is 14.7. The van der Waals surface area contributed by atoms with Crippen LogP contribution in [0.2, 0.25) is 0 Å². The Bertz CT molecular complexity index is 582. The lowest BCUT2D eigenvalue weighted by Crippen LogP contribution is -2.25. The van der Waals surface area contributed by atoms with E-state index in [2.05, 4.69) is 53.8 Å². The fourth-order valence-electron chi connectivity index (χ4n) is 3.22. The van der Waals surface area contributed by atoms with Crippen LogP contribution >= 0.6 is 11.3 Å². The summed E-state index contributed by atoms with van der Waals surface area (Å²) in [5.41, 5.74) is 3.54. The van der Waals surface area contributed by atoms with Crippen LogP contribution in [0.5, 0.6) is 0 Å². The molecule has 3 heteroatoms. The number of rotatable bonds is 4. The molecule has 112 valence electrons. The summed E-state index contributed by atoms with van der Waals surface area (Å²) in [6.07, 6.45) is 6.70. The van der Waals surface area contributed by atoms with Crippen molar-refractivity contribution in [1.82, 2.24) is 4.98 Å². The van der Waals surface area contributed by atoms with Crippen LogP contribution in [-0.2, 0) is 0 Å². The van der Waals surface area contributed by atoms with Crippen LogP contribution in [0.15, 0.2) is 29.6 Å². The Hall–Kier alpha value is -1.35. The standard InChI is InChI=1S/C18H24N2S/c1-3-14-7-9-16(10-8-14)20-17-6-4-5-15(11-17)18-12-21-13(2)19-18/h4-6,11-12,14,16,20H,3,7-10H2,1-2H3. The highest BCUT2D eigenvalue weighted by molar-refractivity contribution is 7.09. The molecular formula is C18H24N2S.